The number of hydrogen-bond donors (Lipinski definition) is 0. The molecule has 1 amide bonds. The van der Waals surface area contributed by atoms with Crippen LogP contribution >= 0.6 is 11.3 Å². The van der Waals surface area contributed by atoms with Gasteiger partial charge in [0.25, 0.3) is 0 Å². The molecule has 5 nitrogen and oxygen atoms in total. The normalized spacial score (nSPS) is 21.1. The van der Waals surface area contributed by atoms with Crippen LogP contribution in [0.15, 0.2) is 24.3 Å². The summed E-state index contributed by atoms with van der Waals surface area (Å²) in [7, 11) is 0. The summed E-state index contributed by atoms with van der Waals surface area (Å²) in [6, 6.07) is 7.57. The molecule has 1 aliphatic carbocycles. The molecule has 1 aromatic carbocycles. The molecule has 154 valence electrons. The molecule has 2 fully saturated rings. The van der Waals surface area contributed by atoms with E-state index in [4.69, 9.17) is 0 Å². The highest BCUT2D eigenvalue weighted by molar-refractivity contribution is 7.15. The number of fused-ring (bicyclic) bond motifs is 1. The van der Waals surface area contributed by atoms with Gasteiger partial charge in [-0.05, 0) is 25.0 Å². The Hall–Kier alpha value is -1.83. The number of nitrogens with zero attached hydrogens (tertiary/aromatic N) is 4. The summed E-state index contributed by atoms with van der Waals surface area (Å²) in [4.78, 5) is 25.5. The van der Waals surface area contributed by atoms with Crippen molar-refractivity contribution in [1.29, 1.82) is 0 Å². The zero-order chi connectivity index (χ0) is 19.8. The number of rotatable bonds is 4. The summed E-state index contributed by atoms with van der Waals surface area (Å²) >= 11 is 1.56. The van der Waals surface area contributed by atoms with E-state index in [0.29, 0.717) is 12.1 Å². The Labute approximate surface area is 175 Å². The second-order valence-electron chi connectivity index (χ2n) is 8.33. The van der Waals surface area contributed by atoms with Crippen LogP contribution in [0.25, 0.3) is 10.6 Å². The molecule has 0 bridgehead atoms. The van der Waals surface area contributed by atoms with Crippen molar-refractivity contribution in [2.75, 3.05) is 39.3 Å². The number of carbonyl (C=O) groups is 1. The number of thiazole rings is 1. The fraction of sp³-hybridized carbons (Fsp3) is 0.545. The van der Waals surface area contributed by atoms with E-state index in [1.54, 1.807) is 23.5 Å². The standard InChI is InChI=1S/C22H27FN4OS/c23-18-7-2-1-6-17(18)22-24-19-8-9-25(14-20(19)29-22)15-21(28)27-12-10-26(11-13-27)16-4-3-5-16/h1-2,6-7,16H,3-5,8-15H2. The molecule has 5 rings (SSSR count). The molecule has 0 spiro atoms. The van der Waals surface area contributed by atoms with E-state index in [2.05, 4.69) is 14.8 Å². The van der Waals surface area contributed by atoms with Crippen molar-refractivity contribution in [3.8, 4) is 10.6 Å². The third-order valence-corrected chi connectivity index (χ3v) is 7.65. The maximum absolute atomic E-state index is 14.1. The highest BCUT2D eigenvalue weighted by Gasteiger charge is 2.30. The maximum atomic E-state index is 14.1. The van der Waals surface area contributed by atoms with Crippen LogP contribution in [0, 0.1) is 5.82 Å². The van der Waals surface area contributed by atoms with Crippen molar-refractivity contribution < 1.29 is 9.18 Å². The van der Waals surface area contributed by atoms with Gasteiger partial charge in [0.2, 0.25) is 5.91 Å². The molecule has 1 saturated carbocycles. The zero-order valence-electron chi connectivity index (χ0n) is 16.6. The number of piperazine rings is 1. The molecule has 0 radical (unpaired) electrons. The lowest BCUT2D eigenvalue weighted by molar-refractivity contribution is -0.135. The molecular weight excluding hydrogens is 387 g/mol. The monoisotopic (exact) mass is 414 g/mol. The fourth-order valence-corrected chi connectivity index (χ4v) is 5.69. The Morgan fingerprint density at radius 2 is 1.93 bits per heavy atom. The van der Waals surface area contributed by atoms with E-state index in [1.807, 2.05) is 11.0 Å². The van der Waals surface area contributed by atoms with Gasteiger partial charge >= 0.3 is 0 Å². The molecule has 0 atom stereocenters. The topological polar surface area (TPSA) is 39.7 Å². The molecule has 7 heteroatoms. The molecular formula is C22H27FN4OS. The first-order valence-corrected chi connectivity index (χ1v) is 11.5. The predicted molar refractivity (Wildman–Crippen MR) is 112 cm³/mol. The number of hydrogen-bond acceptors (Lipinski definition) is 5. The first-order chi connectivity index (χ1) is 14.2. The number of aromatic nitrogens is 1. The summed E-state index contributed by atoms with van der Waals surface area (Å²) in [6.45, 7) is 5.77. The van der Waals surface area contributed by atoms with Crippen molar-refractivity contribution in [3.05, 3.63) is 40.7 Å². The number of benzene rings is 1. The van der Waals surface area contributed by atoms with Gasteiger partial charge in [-0.1, -0.05) is 18.6 Å². The third kappa shape index (κ3) is 3.96. The number of halogens is 1. The minimum Gasteiger partial charge on any atom is -0.339 e. The van der Waals surface area contributed by atoms with Gasteiger partial charge in [-0.2, -0.15) is 0 Å². The molecule has 1 saturated heterocycles. The molecule has 2 aliphatic heterocycles. The van der Waals surface area contributed by atoms with Crippen molar-refractivity contribution in [2.24, 2.45) is 0 Å². The highest BCUT2D eigenvalue weighted by Crippen LogP contribution is 2.33. The Balaban J connectivity index is 1.18. The number of carbonyl (C=O) groups excluding carboxylic acids is 1. The van der Waals surface area contributed by atoms with E-state index >= 15 is 0 Å². The molecule has 29 heavy (non-hydrogen) atoms. The minimum absolute atomic E-state index is 0.230. The Morgan fingerprint density at radius 3 is 2.66 bits per heavy atom. The van der Waals surface area contributed by atoms with Crippen molar-refractivity contribution in [2.45, 2.75) is 38.3 Å². The lowest BCUT2D eigenvalue weighted by Gasteiger charge is -2.43. The van der Waals surface area contributed by atoms with E-state index in [0.717, 1.165) is 67.3 Å². The average molecular weight is 415 g/mol. The summed E-state index contributed by atoms with van der Waals surface area (Å²) < 4.78 is 14.1. The van der Waals surface area contributed by atoms with Crippen molar-refractivity contribution in [3.63, 3.8) is 0 Å². The largest absolute Gasteiger partial charge is 0.339 e. The summed E-state index contributed by atoms with van der Waals surface area (Å²) in [5.74, 6) is 0.00669. The summed E-state index contributed by atoms with van der Waals surface area (Å²) in [5, 5.41) is 0.744. The molecule has 3 heterocycles. The average Bonchev–Trinajstić information content (AvgIpc) is 3.10. The van der Waals surface area contributed by atoms with E-state index in [-0.39, 0.29) is 11.7 Å². The maximum Gasteiger partial charge on any atom is 0.236 e. The van der Waals surface area contributed by atoms with Gasteiger partial charge in [-0.15, -0.1) is 11.3 Å². The van der Waals surface area contributed by atoms with Crippen LogP contribution in [0.1, 0.15) is 29.8 Å². The van der Waals surface area contributed by atoms with Gasteiger partial charge in [0.05, 0.1) is 12.2 Å². The third-order valence-electron chi connectivity index (χ3n) is 6.53. The zero-order valence-corrected chi connectivity index (χ0v) is 17.5. The number of amides is 1. The summed E-state index contributed by atoms with van der Waals surface area (Å²) in [5.41, 5.74) is 1.63. The quantitative estimate of drug-likeness (QED) is 0.771. The molecule has 1 aromatic heterocycles. The molecule has 0 unspecified atom stereocenters. The molecule has 2 aromatic rings. The lowest BCUT2D eigenvalue weighted by atomic mass is 9.91. The first-order valence-electron chi connectivity index (χ1n) is 10.6. The van der Waals surface area contributed by atoms with Gasteiger partial charge in [0, 0.05) is 62.2 Å². The van der Waals surface area contributed by atoms with Crippen LogP contribution in [-0.4, -0.2) is 70.9 Å². The SMILES string of the molecule is O=C(CN1CCc2nc(-c3ccccc3F)sc2C1)N1CCN(C2CCC2)CC1. The molecule has 0 N–H and O–H groups in total. The van der Waals surface area contributed by atoms with E-state index < -0.39 is 0 Å². The van der Waals surface area contributed by atoms with Crippen LogP contribution in [-0.2, 0) is 17.8 Å². The lowest BCUT2D eigenvalue weighted by Crippen LogP contribution is -2.55. The first kappa shape index (κ1) is 19.2. The van der Waals surface area contributed by atoms with Crippen LogP contribution < -0.4 is 0 Å². The Bertz CT molecular complexity index is 889. The van der Waals surface area contributed by atoms with E-state index in [9.17, 15) is 9.18 Å². The van der Waals surface area contributed by atoms with Crippen molar-refractivity contribution in [1.82, 2.24) is 19.7 Å². The van der Waals surface area contributed by atoms with Gasteiger partial charge < -0.3 is 4.90 Å². The van der Waals surface area contributed by atoms with E-state index in [1.165, 1.54) is 25.3 Å². The second-order valence-corrected chi connectivity index (χ2v) is 9.41. The van der Waals surface area contributed by atoms with Crippen molar-refractivity contribution >= 4 is 17.2 Å². The van der Waals surface area contributed by atoms with Gasteiger partial charge in [0.15, 0.2) is 0 Å². The minimum atomic E-state index is -0.230. The predicted octanol–water partition coefficient (Wildman–Crippen LogP) is 3.00. The van der Waals surface area contributed by atoms with Gasteiger partial charge in [-0.25, -0.2) is 9.37 Å². The smallest absolute Gasteiger partial charge is 0.236 e. The van der Waals surface area contributed by atoms with Crippen LogP contribution in [0.3, 0.4) is 0 Å². The van der Waals surface area contributed by atoms with Gasteiger partial charge in [0.1, 0.15) is 10.8 Å². The van der Waals surface area contributed by atoms with Crippen LogP contribution in [0.2, 0.25) is 0 Å². The highest BCUT2D eigenvalue weighted by atomic mass is 32.1. The summed E-state index contributed by atoms with van der Waals surface area (Å²) in [6.07, 6.45) is 4.83. The Morgan fingerprint density at radius 1 is 1.14 bits per heavy atom. The molecule has 3 aliphatic rings. The van der Waals surface area contributed by atoms with Gasteiger partial charge in [-0.3, -0.25) is 14.6 Å². The fourth-order valence-electron chi connectivity index (χ4n) is 4.51. The van der Waals surface area contributed by atoms with Crippen LogP contribution in [0.5, 0.6) is 0 Å². The second kappa shape index (κ2) is 8.13. The van der Waals surface area contributed by atoms with Crippen LogP contribution in [0.4, 0.5) is 4.39 Å². The Kier molecular flexibility index (Phi) is 5.37.